The first-order valence-electron chi connectivity index (χ1n) is 8.72. The minimum Gasteiger partial charge on any atom is -0.355 e. The zero-order valence-corrected chi connectivity index (χ0v) is 15.6. The molecule has 24 heavy (non-hydrogen) atoms. The van der Waals surface area contributed by atoms with E-state index in [1.54, 1.807) is 0 Å². The fraction of sp³-hybridized carbons (Fsp3) is 0.632. The Morgan fingerprint density at radius 3 is 2.21 bits per heavy atom. The highest BCUT2D eigenvalue weighted by Gasteiger charge is 2.66. The molecule has 0 radical (unpaired) electrons. The molecule has 0 spiro atoms. The molecule has 0 bridgehead atoms. The van der Waals surface area contributed by atoms with Crippen LogP contribution in [0.3, 0.4) is 0 Å². The van der Waals surface area contributed by atoms with Crippen molar-refractivity contribution in [1.29, 1.82) is 0 Å². The molecule has 1 N–H and O–H groups in total. The number of carbonyl (C=O) groups is 1. The standard InChI is InChI=1S/C19H27NO3S/c1-14-4-6-16(7-5-14)19(13-18(19,2)3)17(21)20-12-15-8-10-24(22,23)11-9-15/h4-7,15H,8-13H2,1-3H3,(H,20,21)/t19-/m0/s1. The highest BCUT2D eigenvalue weighted by Crippen LogP contribution is 2.64. The third-order valence-electron chi connectivity index (χ3n) is 5.89. The second-order valence-electron chi connectivity index (χ2n) is 8.14. The third-order valence-corrected chi connectivity index (χ3v) is 7.61. The molecule has 1 aromatic rings. The first-order valence-corrected chi connectivity index (χ1v) is 10.5. The van der Waals surface area contributed by atoms with Gasteiger partial charge in [-0.2, -0.15) is 0 Å². The zero-order valence-electron chi connectivity index (χ0n) is 14.8. The van der Waals surface area contributed by atoms with E-state index in [9.17, 15) is 13.2 Å². The van der Waals surface area contributed by atoms with E-state index in [0.29, 0.717) is 19.4 Å². The van der Waals surface area contributed by atoms with Gasteiger partial charge in [0.2, 0.25) is 5.91 Å². The first-order chi connectivity index (χ1) is 11.2. The van der Waals surface area contributed by atoms with Crippen LogP contribution in [0.1, 0.15) is 44.2 Å². The van der Waals surface area contributed by atoms with Gasteiger partial charge >= 0.3 is 0 Å². The van der Waals surface area contributed by atoms with E-state index in [4.69, 9.17) is 0 Å². The maximum absolute atomic E-state index is 13.0. The zero-order chi connectivity index (χ0) is 17.6. The number of aryl methyl sites for hydroxylation is 1. The topological polar surface area (TPSA) is 63.2 Å². The molecule has 1 saturated carbocycles. The molecule has 132 valence electrons. The SMILES string of the molecule is Cc1ccc([C@]2(C(=O)NCC3CCS(=O)(=O)CC3)CC2(C)C)cc1. The lowest BCUT2D eigenvalue weighted by atomic mass is 9.86. The summed E-state index contributed by atoms with van der Waals surface area (Å²) in [6.07, 6.45) is 2.17. The van der Waals surface area contributed by atoms with E-state index in [-0.39, 0.29) is 28.7 Å². The summed E-state index contributed by atoms with van der Waals surface area (Å²) in [5.41, 5.74) is 1.79. The fourth-order valence-corrected chi connectivity index (χ4v) is 5.59. The van der Waals surface area contributed by atoms with Crippen molar-refractivity contribution >= 4 is 15.7 Å². The van der Waals surface area contributed by atoms with Gasteiger partial charge in [-0.25, -0.2) is 8.42 Å². The molecule has 0 unspecified atom stereocenters. The van der Waals surface area contributed by atoms with Crippen molar-refractivity contribution in [3.63, 3.8) is 0 Å². The quantitative estimate of drug-likeness (QED) is 0.909. The maximum atomic E-state index is 13.0. The average Bonchev–Trinajstić information content (AvgIpc) is 3.10. The number of hydrogen-bond acceptors (Lipinski definition) is 3. The number of amides is 1. The van der Waals surface area contributed by atoms with E-state index in [0.717, 1.165) is 12.0 Å². The lowest BCUT2D eigenvalue weighted by Gasteiger charge is -2.25. The van der Waals surface area contributed by atoms with Crippen LogP contribution in [0, 0.1) is 18.3 Å². The van der Waals surface area contributed by atoms with Crippen molar-refractivity contribution in [2.75, 3.05) is 18.1 Å². The molecular formula is C19H27NO3S. The lowest BCUT2D eigenvalue weighted by Crippen LogP contribution is -2.41. The number of nitrogens with one attached hydrogen (secondary N) is 1. The number of hydrogen-bond donors (Lipinski definition) is 1. The second kappa shape index (κ2) is 5.87. The first kappa shape index (κ1) is 17.5. The minimum absolute atomic E-state index is 0.0394. The van der Waals surface area contributed by atoms with Crippen LogP contribution in [0.15, 0.2) is 24.3 Å². The molecule has 4 nitrogen and oxygen atoms in total. The van der Waals surface area contributed by atoms with E-state index >= 15 is 0 Å². The fourth-order valence-electron chi connectivity index (χ4n) is 4.00. The summed E-state index contributed by atoms with van der Waals surface area (Å²) in [4.78, 5) is 13.0. The number of rotatable bonds is 4. The average molecular weight is 349 g/mol. The van der Waals surface area contributed by atoms with Gasteiger partial charge in [-0.3, -0.25) is 4.79 Å². The molecule has 1 aliphatic carbocycles. The molecule has 2 aliphatic rings. The number of benzene rings is 1. The molecule has 0 aromatic heterocycles. The molecule has 1 heterocycles. The van der Waals surface area contributed by atoms with Gasteiger partial charge in [0.15, 0.2) is 0 Å². The van der Waals surface area contributed by atoms with Gasteiger partial charge in [-0.15, -0.1) is 0 Å². The Morgan fingerprint density at radius 2 is 1.71 bits per heavy atom. The van der Waals surface area contributed by atoms with Gasteiger partial charge in [0.25, 0.3) is 0 Å². The van der Waals surface area contributed by atoms with E-state index in [1.165, 1.54) is 5.56 Å². The summed E-state index contributed by atoms with van der Waals surface area (Å²) in [6, 6.07) is 8.25. The van der Waals surface area contributed by atoms with Crippen molar-refractivity contribution in [3.8, 4) is 0 Å². The van der Waals surface area contributed by atoms with Crippen LogP contribution < -0.4 is 5.32 Å². The number of sulfone groups is 1. The Balaban J connectivity index is 1.67. The maximum Gasteiger partial charge on any atom is 0.231 e. The molecule has 1 amide bonds. The summed E-state index contributed by atoms with van der Waals surface area (Å²) in [6.45, 7) is 6.91. The molecule has 1 saturated heterocycles. The van der Waals surface area contributed by atoms with E-state index in [2.05, 4.69) is 43.4 Å². The Bertz CT molecular complexity index is 722. The van der Waals surface area contributed by atoms with Gasteiger partial charge in [0.1, 0.15) is 9.84 Å². The van der Waals surface area contributed by atoms with E-state index < -0.39 is 15.3 Å². The van der Waals surface area contributed by atoms with E-state index in [1.807, 2.05) is 6.92 Å². The van der Waals surface area contributed by atoms with Crippen LogP contribution in [0.25, 0.3) is 0 Å². The van der Waals surface area contributed by atoms with Gasteiger partial charge in [0, 0.05) is 6.54 Å². The normalized spacial score (nSPS) is 28.3. The van der Waals surface area contributed by atoms with Crippen molar-refractivity contribution in [2.45, 2.75) is 45.4 Å². The predicted octanol–water partition coefficient (Wildman–Crippen LogP) is 2.60. The Hall–Kier alpha value is -1.36. The Labute approximate surface area is 145 Å². The smallest absolute Gasteiger partial charge is 0.231 e. The van der Waals surface area contributed by atoms with Crippen molar-refractivity contribution in [3.05, 3.63) is 35.4 Å². The number of carbonyl (C=O) groups excluding carboxylic acids is 1. The molecule has 1 atom stereocenters. The van der Waals surface area contributed by atoms with Crippen LogP contribution in [0.5, 0.6) is 0 Å². The van der Waals surface area contributed by atoms with Crippen LogP contribution >= 0.6 is 0 Å². The lowest BCUT2D eigenvalue weighted by molar-refractivity contribution is -0.124. The van der Waals surface area contributed by atoms with Crippen molar-refractivity contribution in [1.82, 2.24) is 5.32 Å². The highest BCUT2D eigenvalue weighted by molar-refractivity contribution is 7.91. The van der Waals surface area contributed by atoms with Gasteiger partial charge in [0.05, 0.1) is 16.9 Å². The van der Waals surface area contributed by atoms with Crippen LogP contribution in [0.2, 0.25) is 0 Å². The van der Waals surface area contributed by atoms with Gasteiger partial charge in [-0.1, -0.05) is 43.7 Å². The highest BCUT2D eigenvalue weighted by atomic mass is 32.2. The summed E-state index contributed by atoms with van der Waals surface area (Å²) in [5.74, 6) is 0.865. The van der Waals surface area contributed by atoms with Crippen LogP contribution in [-0.4, -0.2) is 32.4 Å². The second-order valence-corrected chi connectivity index (χ2v) is 10.4. The summed E-state index contributed by atoms with van der Waals surface area (Å²) >= 11 is 0. The van der Waals surface area contributed by atoms with Gasteiger partial charge in [-0.05, 0) is 43.1 Å². The van der Waals surface area contributed by atoms with Gasteiger partial charge < -0.3 is 5.32 Å². The van der Waals surface area contributed by atoms with Crippen molar-refractivity contribution in [2.24, 2.45) is 11.3 Å². The summed E-state index contributed by atoms with van der Waals surface area (Å²) < 4.78 is 23.0. The molecule has 2 fully saturated rings. The molecule has 1 aliphatic heterocycles. The summed E-state index contributed by atoms with van der Waals surface area (Å²) in [5, 5.41) is 3.12. The largest absolute Gasteiger partial charge is 0.355 e. The summed E-state index contributed by atoms with van der Waals surface area (Å²) in [7, 11) is -2.85. The molecule has 3 rings (SSSR count). The Kier molecular flexibility index (Phi) is 4.27. The minimum atomic E-state index is -2.85. The van der Waals surface area contributed by atoms with Crippen LogP contribution in [-0.2, 0) is 20.0 Å². The predicted molar refractivity (Wildman–Crippen MR) is 95.6 cm³/mol. The monoisotopic (exact) mass is 349 g/mol. The third kappa shape index (κ3) is 3.10. The molecule has 5 heteroatoms. The van der Waals surface area contributed by atoms with Crippen molar-refractivity contribution < 1.29 is 13.2 Å². The van der Waals surface area contributed by atoms with Crippen LogP contribution in [0.4, 0.5) is 0 Å². The molecule has 1 aromatic carbocycles. The molecular weight excluding hydrogens is 322 g/mol. The Morgan fingerprint density at radius 1 is 1.17 bits per heavy atom.